The average molecular weight is 411 g/mol. The number of benzene rings is 3. The maximum atomic E-state index is 13.7. The third-order valence-corrected chi connectivity index (χ3v) is 6.15. The molecule has 2 aliphatic heterocycles. The van der Waals surface area contributed by atoms with Crippen LogP contribution in [0.3, 0.4) is 0 Å². The first kappa shape index (κ1) is 19.2. The number of nitrogens with zero attached hydrogens (tertiary/aromatic N) is 1. The molecule has 0 aromatic heterocycles. The molecule has 0 saturated heterocycles. The van der Waals surface area contributed by atoms with Gasteiger partial charge >= 0.3 is 5.97 Å². The van der Waals surface area contributed by atoms with Crippen LogP contribution in [0.5, 0.6) is 5.75 Å². The van der Waals surface area contributed by atoms with Gasteiger partial charge in [0.1, 0.15) is 5.75 Å². The van der Waals surface area contributed by atoms with Gasteiger partial charge in [0, 0.05) is 6.42 Å². The van der Waals surface area contributed by atoms with E-state index in [1.807, 2.05) is 66.7 Å². The number of ketones is 1. The lowest BCUT2D eigenvalue weighted by Crippen LogP contribution is -2.55. The summed E-state index contributed by atoms with van der Waals surface area (Å²) in [5, 5.41) is 0. The summed E-state index contributed by atoms with van der Waals surface area (Å²) >= 11 is 0. The Kier molecular flexibility index (Phi) is 4.47. The summed E-state index contributed by atoms with van der Waals surface area (Å²) in [5.74, 6) is -0.876. The van der Waals surface area contributed by atoms with Gasteiger partial charge in [0.2, 0.25) is 11.4 Å². The molecule has 3 atom stereocenters. The Morgan fingerprint density at radius 1 is 0.968 bits per heavy atom. The van der Waals surface area contributed by atoms with Crippen molar-refractivity contribution in [1.29, 1.82) is 0 Å². The number of fused-ring (bicyclic) bond motifs is 1. The number of para-hydroxylation sites is 1. The molecule has 0 amide bonds. The molecule has 0 aliphatic carbocycles. The van der Waals surface area contributed by atoms with Crippen molar-refractivity contribution < 1.29 is 19.1 Å². The second kappa shape index (κ2) is 7.20. The molecule has 3 aromatic carbocycles. The quantitative estimate of drug-likeness (QED) is 0.608. The van der Waals surface area contributed by atoms with Gasteiger partial charge in [-0.1, -0.05) is 72.8 Å². The molecule has 5 rings (SSSR count). The summed E-state index contributed by atoms with van der Waals surface area (Å²) in [5.41, 5.74) is -0.535. The first-order chi connectivity index (χ1) is 15.1. The zero-order valence-corrected chi connectivity index (χ0v) is 17.0. The number of ether oxygens (including phenoxy) is 2. The van der Waals surface area contributed by atoms with E-state index in [4.69, 9.17) is 14.5 Å². The lowest BCUT2D eigenvalue weighted by atomic mass is 9.68. The van der Waals surface area contributed by atoms with Crippen LogP contribution in [0.1, 0.15) is 27.4 Å². The normalized spacial score (nSPS) is 26.0. The largest absolute Gasteiger partial charge is 0.472 e. The van der Waals surface area contributed by atoms with Crippen LogP contribution in [0.4, 0.5) is 0 Å². The van der Waals surface area contributed by atoms with E-state index in [1.165, 1.54) is 13.3 Å². The predicted molar refractivity (Wildman–Crippen MR) is 117 cm³/mol. The molecule has 3 aromatic rings. The molecule has 0 N–H and O–H groups in total. The van der Waals surface area contributed by atoms with Gasteiger partial charge in [0.05, 0.1) is 24.8 Å². The van der Waals surface area contributed by atoms with Crippen molar-refractivity contribution in [3.63, 3.8) is 0 Å². The van der Waals surface area contributed by atoms with E-state index < -0.39 is 23.0 Å². The Morgan fingerprint density at radius 3 is 2.29 bits per heavy atom. The monoisotopic (exact) mass is 411 g/mol. The first-order valence-corrected chi connectivity index (χ1v) is 10.2. The molecular weight excluding hydrogens is 390 g/mol. The van der Waals surface area contributed by atoms with Crippen molar-refractivity contribution in [3.8, 4) is 5.75 Å². The van der Waals surface area contributed by atoms with Gasteiger partial charge in [0.15, 0.2) is 5.54 Å². The van der Waals surface area contributed by atoms with Gasteiger partial charge in [0.25, 0.3) is 0 Å². The van der Waals surface area contributed by atoms with Gasteiger partial charge in [-0.2, -0.15) is 0 Å². The Morgan fingerprint density at radius 2 is 1.61 bits per heavy atom. The standard InChI is InChI=1S/C26H21NO4/c1-30-24(29)25(16-18-10-4-2-5-11-18)22(19-12-6-3-7-13-19)26(17-27-25)23(28)20-14-8-9-15-21(20)31-26/h2-15,17,22H,16H2,1H3/t22-,25+,26+/m0/s1. The maximum Gasteiger partial charge on any atom is 0.334 e. The smallest absolute Gasteiger partial charge is 0.334 e. The molecule has 0 radical (unpaired) electrons. The zero-order valence-electron chi connectivity index (χ0n) is 17.0. The number of hydrogen-bond donors (Lipinski definition) is 0. The average Bonchev–Trinajstić information content (AvgIpc) is 3.29. The van der Waals surface area contributed by atoms with Crippen LogP contribution < -0.4 is 4.74 Å². The minimum atomic E-state index is -1.41. The molecule has 5 heteroatoms. The van der Waals surface area contributed by atoms with Crippen molar-refractivity contribution in [2.24, 2.45) is 4.99 Å². The van der Waals surface area contributed by atoms with E-state index in [9.17, 15) is 9.59 Å². The van der Waals surface area contributed by atoms with Crippen LogP contribution in [0.15, 0.2) is 89.9 Å². The van der Waals surface area contributed by atoms with E-state index in [2.05, 4.69) is 0 Å². The molecule has 2 aliphatic rings. The Labute approximate surface area is 180 Å². The number of carbonyl (C=O) groups is 2. The highest BCUT2D eigenvalue weighted by molar-refractivity contribution is 6.19. The van der Waals surface area contributed by atoms with Crippen molar-refractivity contribution in [2.75, 3.05) is 7.11 Å². The summed E-state index contributed by atoms with van der Waals surface area (Å²) < 4.78 is 11.6. The van der Waals surface area contributed by atoms with Gasteiger partial charge in [-0.15, -0.1) is 0 Å². The van der Waals surface area contributed by atoms with Gasteiger partial charge in [-0.3, -0.25) is 9.79 Å². The maximum absolute atomic E-state index is 13.7. The Hall–Kier alpha value is -3.73. The fourth-order valence-corrected chi connectivity index (χ4v) is 4.81. The van der Waals surface area contributed by atoms with Crippen molar-refractivity contribution in [3.05, 3.63) is 102 Å². The topological polar surface area (TPSA) is 65.0 Å². The number of aliphatic imine (C=N–C) groups is 1. The van der Waals surface area contributed by atoms with Crippen LogP contribution in [-0.2, 0) is 16.0 Å². The summed E-state index contributed by atoms with van der Waals surface area (Å²) in [6, 6.07) is 26.3. The molecule has 31 heavy (non-hydrogen) atoms. The molecule has 5 nitrogen and oxygen atoms in total. The fourth-order valence-electron chi connectivity index (χ4n) is 4.81. The molecule has 0 fully saturated rings. The number of rotatable bonds is 4. The van der Waals surface area contributed by atoms with Crippen molar-refractivity contribution in [1.82, 2.24) is 0 Å². The number of Topliss-reactive ketones (excluding diaryl/α,β-unsaturated/α-hetero) is 1. The van der Waals surface area contributed by atoms with Crippen LogP contribution in [-0.4, -0.2) is 36.2 Å². The lowest BCUT2D eigenvalue weighted by molar-refractivity contribution is -0.148. The van der Waals surface area contributed by atoms with Crippen LogP contribution in [0.2, 0.25) is 0 Å². The minimum Gasteiger partial charge on any atom is -0.472 e. The van der Waals surface area contributed by atoms with Crippen LogP contribution in [0.25, 0.3) is 0 Å². The van der Waals surface area contributed by atoms with Gasteiger partial charge < -0.3 is 9.47 Å². The van der Waals surface area contributed by atoms with E-state index in [-0.39, 0.29) is 12.2 Å². The van der Waals surface area contributed by atoms with Crippen LogP contribution >= 0.6 is 0 Å². The van der Waals surface area contributed by atoms with Crippen molar-refractivity contribution >= 4 is 18.0 Å². The SMILES string of the molecule is COC(=O)[C@]1(Cc2ccccc2)N=C[C@@]2(Oc3ccccc3C2=O)[C@H]1c1ccccc1. The van der Waals surface area contributed by atoms with Gasteiger partial charge in [-0.25, -0.2) is 4.79 Å². The van der Waals surface area contributed by atoms with Gasteiger partial charge in [-0.05, 0) is 23.3 Å². The second-order valence-corrected chi connectivity index (χ2v) is 7.90. The predicted octanol–water partition coefficient (Wildman–Crippen LogP) is 4.02. The minimum absolute atomic E-state index is 0.195. The molecule has 0 saturated carbocycles. The van der Waals surface area contributed by atoms with E-state index in [0.29, 0.717) is 11.3 Å². The summed E-state index contributed by atoms with van der Waals surface area (Å²) in [6.07, 6.45) is 1.80. The lowest BCUT2D eigenvalue weighted by Gasteiger charge is -2.37. The zero-order chi connectivity index (χ0) is 21.5. The molecule has 1 spiro atoms. The Balaban J connectivity index is 1.71. The summed E-state index contributed by atoms with van der Waals surface area (Å²) in [6.45, 7) is 0. The number of methoxy groups -OCH3 is 1. The number of esters is 1. The van der Waals surface area contributed by atoms with E-state index in [0.717, 1.165) is 11.1 Å². The summed E-state index contributed by atoms with van der Waals surface area (Å²) in [4.78, 5) is 31.7. The molecule has 0 unspecified atom stereocenters. The molecule has 2 heterocycles. The second-order valence-electron chi connectivity index (χ2n) is 7.90. The van der Waals surface area contributed by atoms with Crippen molar-refractivity contribution in [2.45, 2.75) is 23.5 Å². The van der Waals surface area contributed by atoms with E-state index >= 15 is 0 Å². The van der Waals surface area contributed by atoms with E-state index in [1.54, 1.807) is 18.2 Å². The molecule has 0 bridgehead atoms. The molecular formula is C26H21NO4. The highest BCUT2D eigenvalue weighted by Crippen LogP contribution is 2.53. The van der Waals surface area contributed by atoms with Crippen LogP contribution in [0, 0.1) is 0 Å². The molecule has 154 valence electrons. The third kappa shape index (κ3) is 2.81. The summed E-state index contributed by atoms with van der Waals surface area (Å²) in [7, 11) is 1.35. The fraction of sp³-hybridized carbons (Fsp3) is 0.192. The number of carbonyl (C=O) groups excluding carboxylic acids is 2. The number of hydrogen-bond acceptors (Lipinski definition) is 5. The third-order valence-electron chi connectivity index (χ3n) is 6.15. The Bertz CT molecular complexity index is 1170. The first-order valence-electron chi connectivity index (χ1n) is 10.2. The highest BCUT2D eigenvalue weighted by atomic mass is 16.5. The highest BCUT2D eigenvalue weighted by Gasteiger charge is 2.67.